The highest BCUT2D eigenvalue weighted by molar-refractivity contribution is 5.70. The number of ether oxygens (including phenoxy) is 1. The van der Waals surface area contributed by atoms with Crippen LogP contribution in [0.5, 0.6) is 0 Å². The maximum Gasteiger partial charge on any atom is 0.407 e. The molecular weight excluding hydrogens is 228 g/mol. The van der Waals surface area contributed by atoms with Crippen LogP contribution < -0.4 is 5.32 Å². The van der Waals surface area contributed by atoms with Crippen LogP contribution in [0.25, 0.3) is 0 Å². The molecule has 0 atom stereocenters. The number of benzene rings is 1. The molecule has 0 saturated carbocycles. The van der Waals surface area contributed by atoms with Crippen LogP contribution in [0, 0.1) is 0 Å². The molecule has 1 aromatic rings. The third kappa shape index (κ3) is 2.34. The van der Waals surface area contributed by atoms with Gasteiger partial charge in [-0.25, -0.2) is 4.79 Å². The van der Waals surface area contributed by atoms with Crippen molar-refractivity contribution >= 4 is 6.09 Å². The zero-order valence-corrected chi connectivity index (χ0v) is 10.4. The molecule has 1 N–H and O–H groups in total. The van der Waals surface area contributed by atoms with Crippen LogP contribution in [0.15, 0.2) is 30.3 Å². The molecule has 2 saturated heterocycles. The van der Waals surface area contributed by atoms with E-state index in [1.54, 1.807) is 0 Å². The summed E-state index contributed by atoms with van der Waals surface area (Å²) < 4.78 is 5.41. The minimum Gasteiger partial charge on any atom is -0.441 e. The molecule has 0 bridgehead atoms. The lowest BCUT2D eigenvalue weighted by atomic mass is 9.91. The van der Waals surface area contributed by atoms with E-state index < -0.39 is 0 Å². The third-order valence-corrected chi connectivity index (χ3v) is 3.88. The number of carbonyl (C=O) groups excluding carboxylic acids is 1. The normalized spacial score (nSPS) is 22.8. The van der Waals surface area contributed by atoms with Crippen LogP contribution in [0.3, 0.4) is 0 Å². The number of hydrogen-bond acceptors (Lipinski definition) is 3. The largest absolute Gasteiger partial charge is 0.441 e. The topological polar surface area (TPSA) is 41.6 Å². The van der Waals surface area contributed by atoms with Crippen LogP contribution in [-0.4, -0.2) is 36.2 Å². The second kappa shape index (κ2) is 4.61. The van der Waals surface area contributed by atoms with Crippen molar-refractivity contribution in [1.82, 2.24) is 10.2 Å². The van der Waals surface area contributed by atoms with E-state index >= 15 is 0 Å². The first kappa shape index (κ1) is 11.5. The van der Waals surface area contributed by atoms with Crippen molar-refractivity contribution in [3.05, 3.63) is 35.9 Å². The number of nitrogens with zero attached hydrogens (tertiary/aromatic N) is 1. The molecule has 2 fully saturated rings. The van der Waals surface area contributed by atoms with Gasteiger partial charge in [0.25, 0.3) is 0 Å². The highest BCUT2D eigenvalue weighted by atomic mass is 16.6. The second-order valence-electron chi connectivity index (χ2n) is 5.19. The van der Waals surface area contributed by atoms with Crippen LogP contribution in [0.1, 0.15) is 18.4 Å². The van der Waals surface area contributed by atoms with Crippen LogP contribution in [0.2, 0.25) is 0 Å². The summed E-state index contributed by atoms with van der Waals surface area (Å²) in [7, 11) is 0. The molecule has 18 heavy (non-hydrogen) atoms. The highest BCUT2D eigenvalue weighted by Crippen LogP contribution is 2.29. The summed E-state index contributed by atoms with van der Waals surface area (Å²) in [6.45, 7) is 3.64. The Kier molecular flexibility index (Phi) is 2.96. The zero-order chi connectivity index (χ0) is 12.4. The number of piperidine rings is 1. The molecule has 0 unspecified atom stereocenters. The summed E-state index contributed by atoms with van der Waals surface area (Å²) in [6, 6.07) is 10.5. The van der Waals surface area contributed by atoms with Crippen LogP contribution in [0.4, 0.5) is 4.79 Å². The minimum absolute atomic E-state index is 0.232. The van der Waals surface area contributed by atoms with E-state index in [2.05, 4.69) is 34.5 Å². The van der Waals surface area contributed by atoms with Crippen molar-refractivity contribution in [3.63, 3.8) is 0 Å². The Bertz CT molecular complexity index is 425. The molecule has 4 nitrogen and oxygen atoms in total. The van der Waals surface area contributed by atoms with Crippen LogP contribution >= 0.6 is 0 Å². The van der Waals surface area contributed by atoms with Gasteiger partial charge in [-0.3, -0.25) is 4.90 Å². The lowest BCUT2D eigenvalue weighted by Gasteiger charge is -2.37. The van der Waals surface area contributed by atoms with Gasteiger partial charge in [0.15, 0.2) is 0 Å². The van der Waals surface area contributed by atoms with E-state index in [1.807, 2.05) is 6.07 Å². The quantitative estimate of drug-likeness (QED) is 0.864. The van der Waals surface area contributed by atoms with Crippen molar-refractivity contribution in [2.45, 2.75) is 25.0 Å². The van der Waals surface area contributed by atoms with Crippen molar-refractivity contribution in [1.29, 1.82) is 0 Å². The first-order valence-corrected chi connectivity index (χ1v) is 6.49. The minimum atomic E-state index is -0.258. The Hall–Kier alpha value is -1.55. The second-order valence-corrected chi connectivity index (χ2v) is 5.19. The highest BCUT2D eigenvalue weighted by Gasteiger charge is 2.42. The molecule has 0 aliphatic carbocycles. The van der Waals surface area contributed by atoms with E-state index in [1.165, 1.54) is 5.56 Å². The van der Waals surface area contributed by atoms with Crippen LogP contribution in [-0.2, 0) is 11.3 Å². The summed E-state index contributed by atoms with van der Waals surface area (Å²) in [4.78, 5) is 13.6. The molecule has 3 rings (SSSR count). The molecule has 2 aliphatic heterocycles. The molecule has 1 amide bonds. The van der Waals surface area contributed by atoms with Gasteiger partial charge in [-0.1, -0.05) is 30.3 Å². The van der Waals surface area contributed by atoms with E-state index in [9.17, 15) is 4.79 Å². The fourth-order valence-corrected chi connectivity index (χ4v) is 2.74. The fraction of sp³-hybridized carbons (Fsp3) is 0.500. The average Bonchev–Trinajstić information content (AvgIpc) is 2.75. The number of alkyl carbamates (subject to hydrolysis) is 1. The standard InChI is InChI=1S/C14H18N2O2/c17-13-15-11-14(18-13)6-8-16(9-7-14)10-12-4-2-1-3-5-12/h1-5H,6-11H2,(H,15,17). The molecular formula is C14H18N2O2. The van der Waals surface area contributed by atoms with E-state index in [0.717, 1.165) is 32.5 Å². The van der Waals surface area contributed by atoms with E-state index in [4.69, 9.17) is 4.74 Å². The molecule has 0 radical (unpaired) electrons. The fourth-order valence-electron chi connectivity index (χ4n) is 2.74. The summed E-state index contributed by atoms with van der Waals surface area (Å²) in [5.41, 5.74) is 1.11. The lowest BCUT2D eigenvalue weighted by molar-refractivity contribution is -0.00101. The molecule has 4 heteroatoms. The van der Waals surface area contributed by atoms with Crippen molar-refractivity contribution in [2.24, 2.45) is 0 Å². The number of carbonyl (C=O) groups is 1. The molecule has 1 spiro atoms. The lowest BCUT2D eigenvalue weighted by Crippen LogP contribution is -2.46. The Labute approximate surface area is 107 Å². The Morgan fingerprint density at radius 1 is 1.22 bits per heavy atom. The van der Waals surface area contributed by atoms with Gasteiger partial charge in [0.05, 0.1) is 6.54 Å². The summed E-state index contributed by atoms with van der Waals surface area (Å²) in [6.07, 6.45) is 1.60. The maximum absolute atomic E-state index is 11.1. The van der Waals surface area contributed by atoms with Gasteiger partial charge in [0, 0.05) is 32.5 Å². The zero-order valence-electron chi connectivity index (χ0n) is 10.4. The Morgan fingerprint density at radius 3 is 2.56 bits per heavy atom. The predicted octanol–water partition coefficient (Wildman–Crippen LogP) is 1.76. The Morgan fingerprint density at radius 2 is 1.94 bits per heavy atom. The molecule has 0 aromatic heterocycles. The first-order valence-electron chi connectivity index (χ1n) is 6.49. The Balaban J connectivity index is 1.56. The first-order chi connectivity index (χ1) is 8.76. The molecule has 2 aliphatic rings. The van der Waals surface area contributed by atoms with Crippen molar-refractivity contribution in [2.75, 3.05) is 19.6 Å². The van der Waals surface area contributed by atoms with Gasteiger partial charge in [-0.15, -0.1) is 0 Å². The van der Waals surface area contributed by atoms with Crippen molar-refractivity contribution < 1.29 is 9.53 Å². The average molecular weight is 246 g/mol. The number of likely N-dealkylation sites (tertiary alicyclic amines) is 1. The van der Waals surface area contributed by atoms with E-state index in [-0.39, 0.29) is 11.7 Å². The maximum atomic E-state index is 11.1. The molecule has 2 heterocycles. The van der Waals surface area contributed by atoms with Gasteiger partial charge < -0.3 is 10.1 Å². The van der Waals surface area contributed by atoms with Crippen molar-refractivity contribution in [3.8, 4) is 0 Å². The SMILES string of the molecule is O=C1NCC2(CCN(Cc3ccccc3)CC2)O1. The summed E-state index contributed by atoms with van der Waals surface area (Å²) >= 11 is 0. The van der Waals surface area contributed by atoms with Gasteiger partial charge in [-0.05, 0) is 5.56 Å². The van der Waals surface area contributed by atoms with Gasteiger partial charge in [-0.2, -0.15) is 0 Å². The number of rotatable bonds is 2. The monoisotopic (exact) mass is 246 g/mol. The molecule has 1 aromatic carbocycles. The number of nitrogens with one attached hydrogen (secondary N) is 1. The smallest absolute Gasteiger partial charge is 0.407 e. The number of hydrogen-bond donors (Lipinski definition) is 1. The van der Waals surface area contributed by atoms with E-state index in [0.29, 0.717) is 6.54 Å². The predicted molar refractivity (Wildman–Crippen MR) is 68.2 cm³/mol. The van der Waals surface area contributed by atoms with Gasteiger partial charge in [0.1, 0.15) is 5.60 Å². The third-order valence-electron chi connectivity index (χ3n) is 3.88. The molecule has 96 valence electrons. The van der Waals surface area contributed by atoms with Gasteiger partial charge in [0.2, 0.25) is 0 Å². The number of amides is 1. The summed E-state index contributed by atoms with van der Waals surface area (Å²) in [5, 5.41) is 2.76. The summed E-state index contributed by atoms with van der Waals surface area (Å²) in [5.74, 6) is 0. The van der Waals surface area contributed by atoms with Gasteiger partial charge >= 0.3 is 6.09 Å².